The highest BCUT2D eigenvalue weighted by Crippen LogP contribution is 2.43. The molecule has 0 aromatic rings. The van der Waals surface area contributed by atoms with E-state index in [1.54, 1.807) is 0 Å². The van der Waals surface area contributed by atoms with Crippen LogP contribution in [0.4, 0.5) is 0 Å². The molecule has 2 unspecified atom stereocenters. The van der Waals surface area contributed by atoms with E-state index in [-0.39, 0.29) is 5.41 Å². The molecule has 2 atom stereocenters. The highest BCUT2D eigenvalue weighted by atomic mass is 14.4. The van der Waals surface area contributed by atoms with Crippen molar-refractivity contribution >= 4 is 0 Å². The zero-order valence-corrected chi connectivity index (χ0v) is 11.5. The highest BCUT2D eigenvalue weighted by molar-refractivity contribution is 5.30. The third kappa shape index (κ3) is 3.52. The lowest BCUT2D eigenvalue weighted by atomic mass is 9.66. The van der Waals surface area contributed by atoms with Gasteiger partial charge in [0.15, 0.2) is 0 Å². The van der Waals surface area contributed by atoms with Gasteiger partial charge in [-0.3, -0.25) is 0 Å². The van der Waals surface area contributed by atoms with Crippen LogP contribution in [0.3, 0.4) is 0 Å². The molecule has 88 valence electrons. The Morgan fingerprint density at radius 1 is 1.20 bits per heavy atom. The molecule has 0 fully saturated rings. The SMILES string of the molecule is C=C(C)C(=C)C(C)(CC(C)CC)C(C)C. The maximum atomic E-state index is 4.24. The molecule has 0 aromatic heterocycles. The fourth-order valence-electron chi connectivity index (χ4n) is 2.06. The molecule has 0 bridgehead atoms. The molecule has 0 amide bonds. The molecule has 15 heavy (non-hydrogen) atoms. The topological polar surface area (TPSA) is 0 Å². The molecule has 0 aromatic carbocycles. The molecule has 0 heterocycles. The summed E-state index contributed by atoms with van der Waals surface area (Å²) >= 11 is 0. The lowest BCUT2D eigenvalue weighted by molar-refractivity contribution is 0.217. The molecule has 0 saturated heterocycles. The van der Waals surface area contributed by atoms with Gasteiger partial charge < -0.3 is 0 Å². The highest BCUT2D eigenvalue weighted by Gasteiger charge is 2.32. The second-order valence-corrected chi connectivity index (χ2v) is 5.55. The van der Waals surface area contributed by atoms with Gasteiger partial charge in [0, 0.05) is 0 Å². The van der Waals surface area contributed by atoms with Crippen LogP contribution in [0.25, 0.3) is 0 Å². The summed E-state index contributed by atoms with van der Waals surface area (Å²) in [6, 6.07) is 0. The molecule has 0 radical (unpaired) electrons. The minimum Gasteiger partial charge on any atom is -0.0958 e. The third-order valence-electron chi connectivity index (χ3n) is 3.95. The molecule has 0 aliphatic carbocycles. The van der Waals surface area contributed by atoms with Crippen LogP contribution in [0.1, 0.15) is 54.4 Å². The Bertz CT molecular complexity index is 234. The smallest absolute Gasteiger partial charge is 0.00532 e. The molecule has 0 saturated carbocycles. The molecule has 0 heteroatoms. The van der Waals surface area contributed by atoms with E-state index in [2.05, 4.69) is 54.7 Å². The van der Waals surface area contributed by atoms with E-state index in [1.165, 1.54) is 18.4 Å². The number of rotatable bonds is 6. The molecule has 0 aliphatic rings. The van der Waals surface area contributed by atoms with E-state index < -0.39 is 0 Å². The molecule has 0 rings (SSSR count). The normalized spacial score (nSPS) is 17.3. The van der Waals surface area contributed by atoms with Crippen LogP contribution in [0, 0.1) is 17.3 Å². The van der Waals surface area contributed by atoms with Gasteiger partial charge in [0.2, 0.25) is 0 Å². The van der Waals surface area contributed by atoms with E-state index in [1.807, 2.05) is 0 Å². The van der Waals surface area contributed by atoms with Crippen molar-refractivity contribution in [1.82, 2.24) is 0 Å². The number of hydrogen-bond acceptors (Lipinski definition) is 0. The van der Waals surface area contributed by atoms with Gasteiger partial charge in [-0.15, -0.1) is 0 Å². The summed E-state index contributed by atoms with van der Waals surface area (Å²) in [5.74, 6) is 1.38. The van der Waals surface area contributed by atoms with E-state index in [0.717, 1.165) is 11.5 Å². The Balaban J connectivity index is 4.90. The van der Waals surface area contributed by atoms with Crippen molar-refractivity contribution in [2.45, 2.75) is 54.4 Å². The first-order chi connectivity index (χ1) is 6.75. The van der Waals surface area contributed by atoms with Crippen LogP contribution >= 0.6 is 0 Å². The molecule has 0 nitrogen and oxygen atoms in total. The molecule has 0 aliphatic heterocycles. The first-order valence-corrected chi connectivity index (χ1v) is 6.10. The minimum absolute atomic E-state index is 0.210. The Morgan fingerprint density at radius 2 is 1.67 bits per heavy atom. The summed E-state index contributed by atoms with van der Waals surface area (Å²) in [4.78, 5) is 0. The van der Waals surface area contributed by atoms with Gasteiger partial charge >= 0.3 is 0 Å². The van der Waals surface area contributed by atoms with Crippen LogP contribution in [-0.4, -0.2) is 0 Å². The average Bonchev–Trinajstić information content (AvgIpc) is 2.15. The summed E-state index contributed by atoms with van der Waals surface area (Å²) in [6.45, 7) is 21.8. The summed E-state index contributed by atoms with van der Waals surface area (Å²) in [5.41, 5.74) is 2.58. The fourth-order valence-corrected chi connectivity index (χ4v) is 2.06. The van der Waals surface area contributed by atoms with E-state index >= 15 is 0 Å². The summed E-state index contributed by atoms with van der Waals surface area (Å²) in [6.07, 6.45) is 2.46. The van der Waals surface area contributed by atoms with Gasteiger partial charge in [0.1, 0.15) is 0 Å². The van der Waals surface area contributed by atoms with Gasteiger partial charge in [0.05, 0.1) is 0 Å². The van der Waals surface area contributed by atoms with Crippen LogP contribution in [0.5, 0.6) is 0 Å². The predicted octanol–water partition coefficient (Wildman–Crippen LogP) is 5.22. The van der Waals surface area contributed by atoms with E-state index in [0.29, 0.717) is 5.92 Å². The van der Waals surface area contributed by atoms with Crippen LogP contribution in [0.15, 0.2) is 24.3 Å². The predicted molar refractivity (Wildman–Crippen MR) is 71.0 cm³/mol. The van der Waals surface area contributed by atoms with Crippen LogP contribution in [0.2, 0.25) is 0 Å². The summed E-state index contributed by atoms with van der Waals surface area (Å²) in [5, 5.41) is 0. The Hall–Kier alpha value is -0.520. The monoisotopic (exact) mass is 208 g/mol. The van der Waals surface area contributed by atoms with Gasteiger partial charge in [-0.2, -0.15) is 0 Å². The van der Waals surface area contributed by atoms with E-state index in [4.69, 9.17) is 0 Å². The second-order valence-electron chi connectivity index (χ2n) is 5.55. The van der Waals surface area contributed by atoms with Crippen molar-refractivity contribution in [1.29, 1.82) is 0 Å². The quantitative estimate of drug-likeness (QED) is 0.525. The maximum absolute atomic E-state index is 4.24. The lowest BCUT2D eigenvalue weighted by Gasteiger charge is -2.38. The maximum Gasteiger partial charge on any atom is -0.00532 e. The van der Waals surface area contributed by atoms with E-state index in [9.17, 15) is 0 Å². The standard InChI is InChI=1S/C15H28/c1-9-13(6)10-15(8,12(4)5)14(7)11(2)3/h12-13H,2,7,9-10H2,1,3-6,8H3. The first-order valence-electron chi connectivity index (χ1n) is 6.10. The minimum atomic E-state index is 0.210. The van der Waals surface area contributed by atoms with Crippen molar-refractivity contribution < 1.29 is 0 Å². The molecule has 0 spiro atoms. The third-order valence-corrected chi connectivity index (χ3v) is 3.95. The summed E-state index contributed by atoms with van der Waals surface area (Å²) in [7, 11) is 0. The van der Waals surface area contributed by atoms with Gasteiger partial charge in [0.25, 0.3) is 0 Å². The average molecular weight is 208 g/mol. The first kappa shape index (κ1) is 14.5. The Kier molecular flexibility index (Phi) is 5.34. The molecular formula is C15H28. The Morgan fingerprint density at radius 3 is 1.93 bits per heavy atom. The van der Waals surface area contributed by atoms with Crippen molar-refractivity contribution in [2.24, 2.45) is 17.3 Å². The zero-order chi connectivity index (χ0) is 12.2. The van der Waals surface area contributed by atoms with Gasteiger partial charge in [-0.05, 0) is 36.2 Å². The number of hydrogen-bond donors (Lipinski definition) is 0. The van der Waals surface area contributed by atoms with Gasteiger partial charge in [-0.1, -0.05) is 59.8 Å². The van der Waals surface area contributed by atoms with Crippen LogP contribution in [-0.2, 0) is 0 Å². The largest absolute Gasteiger partial charge is 0.0958 e. The van der Waals surface area contributed by atoms with Gasteiger partial charge in [-0.25, -0.2) is 0 Å². The Labute approximate surface area is 96.5 Å². The second kappa shape index (κ2) is 5.53. The van der Waals surface area contributed by atoms with Crippen molar-refractivity contribution in [2.75, 3.05) is 0 Å². The fraction of sp³-hybridized carbons (Fsp3) is 0.733. The molecule has 0 N–H and O–H groups in total. The molecular weight excluding hydrogens is 180 g/mol. The lowest BCUT2D eigenvalue weighted by Crippen LogP contribution is -2.28. The van der Waals surface area contributed by atoms with Crippen LogP contribution < -0.4 is 0 Å². The number of allylic oxidation sites excluding steroid dienone is 2. The van der Waals surface area contributed by atoms with Crippen molar-refractivity contribution in [3.63, 3.8) is 0 Å². The van der Waals surface area contributed by atoms with Crippen molar-refractivity contribution in [3.05, 3.63) is 24.3 Å². The zero-order valence-electron chi connectivity index (χ0n) is 11.5. The summed E-state index contributed by atoms with van der Waals surface area (Å²) < 4.78 is 0. The van der Waals surface area contributed by atoms with Crippen molar-refractivity contribution in [3.8, 4) is 0 Å².